The second kappa shape index (κ2) is 4.91. The minimum absolute atomic E-state index is 0.232. The average Bonchev–Trinajstić information content (AvgIpc) is 2.32. The summed E-state index contributed by atoms with van der Waals surface area (Å²) < 4.78 is 26.3. The number of hydrogen-bond acceptors (Lipinski definition) is 2. The summed E-state index contributed by atoms with van der Waals surface area (Å²) in [4.78, 5) is 4.10. The van der Waals surface area contributed by atoms with Gasteiger partial charge in [-0.3, -0.25) is 4.98 Å². The Morgan fingerprint density at radius 1 is 1.24 bits per heavy atom. The second-order valence-corrected chi connectivity index (χ2v) is 3.73. The molecule has 0 unspecified atom stereocenters. The van der Waals surface area contributed by atoms with Crippen molar-refractivity contribution in [3.05, 3.63) is 59.4 Å². The van der Waals surface area contributed by atoms with Gasteiger partial charge in [-0.05, 0) is 37.3 Å². The summed E-state index contributed by atoms with van der Waals surface area (Å²) in [5.74, 6) is -0.855. The van der Waals surface area contributed by atoms with Crippen LogP contribution < -0.4 is 5.32 Å². The maximum Gasteiger partial charge on any atom is 0.128 e. The van der Waals surface area contributed by atoms with E-state index in [1.54, 1.807) is 12.3 Å². The number of aromatic nitrogens is 1. The van der Waals surface area contributed by atoms with Gasteiger partial charge in [-0.2, -0.15) is 0 Å². The van der Waals surface area contributed by atoms with Crippen molar-refractivity contribution in [2.45, 2.75) is 13.5 Å². The van der Waals surface area contributed by atoms with E-state index >= 15 is 0 Å². The lowest BCUT2D eigenvalue weighted by Crippen LogP contribution is -2.04. The first-order chi connectivity index (χ1) is 8.16. The molecule has 1 heterocycles. The van der Waals surface area contributed by atoms with Crippen LogP contribution in [-0.4, -0.2) is 4.98 Å². The zero-order chi connectivity index (χ0) is 12.3. The lowest BCUT2D eigenvalue weighted by molar-refractivity contribution is 0.587. The molecule has 0 aliphatic heterocycles. The first-order valence-electron chi connectivity index (χ1n) is 5.26. The standard InChI is InChI=1S/C13H12F2N2/c1-9-13(3-2-6-16-9)17-8-10-7-11(14)4-5-12(10)15/h2-7,17H,8H2,1H3. The molecule has 0 atom stereocenters. The van der Waals surface area contributed by atoms with Crippen LogP contribution >= 0.6 is 0 Å². The molecule has 88 valence electrons. The smallest absolute Gasteiger partial charge is 0.128 e. The Kier molecular flexibility index (Phi) is 3.32. The number of rotatable bonds is 3. The Morgan fingerprint density at radius 3 is 2.82 bits per heavy atom. The Balaban J connectivity index is 2.12. The SMILES string of the molecule is Cc1ncccc1NCc1cc(F)ccc1F. The van der Waals surface area contributed by atoms with E-state index in [1.807, 2.05) is 13.0 Å². The monoisotopic (exact) mass is 234 g/mol. The van der Waals surface area contributed by atoms with E-state index in [0.29, 0.717) is 5.56 Å². The van der Waals surface area contributed by atoms with Crippen LogP contribution in [0.3, 0.4) is 0 Å². The number of nitrogens with one attached hydrogen (secondary N) is 1. The molecule has 0 saturated heterocycles. The molecule has 0 bridgehead atoms. The van der Waals surface area contributed by atoms with Crippen molar-refractivity contribution in [3.63, 3.8) is 0 Å². The zero-order valence-electron chi connectivity index (χ0n) is 9.37. The van der Waals surface area contributed by atoms with Gasteiger partial charge < -0.3 is 5.32 Å². The molecule has 0 saturated carbocycles. The predicted octanol–water partition coefficient (Wildman–Crippen LogP) is 3.28. The molecule has 0 aliphatic rings. The summed E-state index contributed by atoms with van der Waals surface area (Å²) in [6, 6.07) is 7.06. The molecule has 17 heavy (non-hydrogen) atoms. The van der Waals surface area contributed by atoms with Gasteiger partial charge in [-0.25, -0.2) is 8.78 Å². The average molecular weight is 234 g/mol. The summed E-state index contributed by atoms with van der Waals surface area (Å²) in [6.45, 7) is 2.08. The van der Waals surface area contributed by atoms with Gasteiger partial charge in [0, 0.05) is 18.3 Å². The van der Waals surface area contributed by atoms with Crippen molar-refractivity contribution in [2.75, 3.05) is 5.32 Å². The maximum atomic E-state index is 13.4. The molecule has 2 nitrogen and oxygen atoms in total. The van der Waals surface area contributed by atoms with Crippen molar-refractivity contribution in [3.8, 4) is 0 Å². The molecule has 2 rings (SSSR count). The van der Waals surface area contributed by atoms with Crippen LogP contribution in [0, 0.1) is 18.6 Å². The van der Waals surface area contributed by atoms with Gasteiger partial charge >= 0.3 is 0 Å². The third-order valence-corrected chi connectivity index (χ3v) is 2.48. The number of nitrogens with zero attached hydrogens (tertiary/aromatic N) is 1. The van der Waals surface area contributed by atoms with Gasteiger partial charge in [-0.15, -0.1) is 0 Å². The Hall–Kier alpha value is -1.97. The van der Waals surface area contributed by atoms with Crippen LogP contribution in [0.25, 0.3) is 0 Å². The van der Waals surface area contributed by atoms with E-state index in [1.165, 1.54) is 6.07 Å². The van der Waals surface area contributed by atoms with E-state index < -0.39 is 11.6 Å². The van der Waals surface area contributed by atoms with E-state index in [4.69, 9.17) is 0 Å². The number of aryl methyl sites for hydroxylation is 1. The highest BCUT2D eigenvalue weighted by atomic mass is 19.1. The molecule has 0 amide bonds. The van der Waals surface area contributed by atoms with Crippen LogP contribution in [0.2, 0.25) is 0 Å². The lowest BCUT2D eigenvalue weighted by atomic mass is 10.2. The fourth-order valence-corrected chi connectivity index (χ4v) is 1.54. The van der Waals surface area contributed by atoms with Crippen LogP contribution in [0.1, 0.15) is 11.3 Å². The molecule has 4 heteroatoms. The van der Waals surface area contributed by atoms with Gasteiger partial charge in [0.15, 0.2) is 0 Å². The first-order valence-corrected chi connectivity index (χ1v) is 5.26. The van der Waals surface area contributed by atoms with Crippen molar-refractivity contribution in [1.82, 2.24) is 4.98 Å². The third kappa shape index (κ3) is 2.78. The summed E-state index contributed by atoms with van der Waals surface area (Å²) >= 11 is 0. The highest BCUT2D eigenvalue weighted by Crippen LogP contribution is 2.14. The maximum absolute atomic E-state index is 13.4. The number of halogens is 2. The van der Waals surface area contributed by atoms with E-state index in [2.05, 4.69) is 10.3 Å². The topological polar surface area (TPSA) is 24.9 Å². The highest BCUT2D eigenvalue weighted by Gasteiger charge is 2.04. The fourth-order valence-electron chi connectivity index (χ4n) is 1.54. The van der Waals surface area contributed by atoms with Crippen LogP contribution in [-0.2, 0) is 6.54 Å². The molecule has 0 spiro atoms. The summed E-state index contributed by atoms with van der Waals surface area (Å²) in [6.07, 6.45) is 1.68. The van der Waals surface area contributed by atoms with Crippen molar-refractivity contribution in [2.24, 2.45) is 0 Å². The Morgan fingerprint density at radius 2 is 2.06 bits per heavy atom. The minimum Gasteiger partial charge on any atom is -0.379 e. The van der Waals surface area contributed by atoms with Crippen LogP contribution in [0.15, 0.2) is 36.5 Å². The van der Waals surface area contributed by atoms with Gasteiger partial charge in [-0.1, -0.05) is 0 Å². The lowest BCUT2D eigenvalue weighted by Gasteiger charge is -2.09. The molecule has 2 aromatic rings. The van der Waals surface area contributed by atoms with Crippen molar-refractivity contribution in [1.29, 1.82) is 0 Å². The van der Waals surface area contributed by atoms with Gasteiger partial charge in [0.1, 0.15) is 11.6 Å². The Bertz CT molecular complexity index is 527. The predicted molar refractivity (Wildman–Crippen MR) is 62.7 cm³/mol. The Labute approximate surface area is 98.3 Å². The number of hydrogen-bond donors (Lipinski definition) is 1. The highest BCUT2D eigenvalue weighted by molar-refractivity contribution is 5.47. The van der Waals surface area contributed by atoms with Crippen LogP contribution in [0.4, 0.5) is 14.5 Å². The van der Waals surface area contributed by atoms with E-state index in [-0.39, 0.29) is 6.54 Å². The number of benzene rings is 1. The molecule has 0 radical (unpaired) electrons. The first kappa shape index (κ1) is 11.5. The third-order valence-electron chi connectivity index (χ3n) is 2.48. The second-order valence-electron chi connectivity index (χ2n) is 3.73. The van der Waals surface area contributed by atoms with E-state index in [9.17, 15) is 8.78 Å². The molecule has 1 N–H and O–H groups in total. The van der Waals surface area contributed by atoms with Crippen molar-refractivity contribution < 1.29 is 8.78 Å². The quantitative estimate of drug-likeness (QED) is 0.881. The van der Waals surface area contributed by atoms with Gasteiger partial charge in [0.25, 0.3) is 0 Å². The largest absolute Gasteiger partial charge is 0.379 e. The normalized spacial score (nSPS) is 10.3. The summed E-state index contributed by atoms with van der Waals surface area (Å²) in [7, 11) is 0. The van der Waals surface area contributed by atoms with Crippen LogP contribution in [0.5, 0.6) is 0 Å². The minimum atomic E-state index is -0.439. The summed E-state index contributed by atoms with van der Waals surface area (Å²) in [5, 5.41) is 3.03. The molecule has 1 aromatic heterocycles. The zero-order valence-corrected chi connectivity index (χ0v) is 9.37. The number of pyridine rings is 1. The summed E-state index contributed by atoms with van der Waals surface area (Å²) in [5.41, 5.74) is 1.94. The van der Waals surface area contributed by atoms with Gasteiger partial charge in [0.05, 0.1) is 11.4 Å². The number of anilines is 1. The molecular weight excluding hydrogens is 222 g/mol. The molecular formula is C13H12F2N2. The van der Waals surface area contributed by atoms with Gasteiger partial charge in [0.2, 0.25) is 0 Å². The van der Waals surface area contributed by atoms with Crippen molar-refractivity contribution >= 4 is 5.69 Å². The molecule has 0 aliphatic carbocycles. The van der Waals surface area contributed by atoms with E-state index in [0.717, 1.165) is 23.5 Å². The molecule has 1 aromatic carbocycles. The fraction of sp³-hybridized carbons (Fsp3) is 0.154. The molecule has 0 fully saturated rings.